The number of carbonyl (C=O) groups is 1. The van der Waals surface area contributed by atoms with E-state index in [0.717, 1.165) is 18.6 Å². The van der Waals surface area contributed by atoms with Crippen LogP contribution in [0.1, 0.15) is 64.7 Å². The summed E-state index contributed by atoms with van der Waals surface area (Å²) in [5, 5.41) is 32.7. The molecule has 146 valence electrons. The van der Waals surface area contributed by atoms with E-state index in [9.17, 15) is 15.0 Å². The second-order valence-corrected chi connectivity index (χ2v) is 7.41. The molecular weight excluding hydrogens is 334 g/mol. The maximum Gasteiger partial charge on any atom is 0.344 e. The largest absolute Gasteiger partial charge is 0.479 e. The summed E-state index contributed by atoms with van der Waals surface area (Å²) >= 11 is 0. The van der Waals surface area contributed by atoms with Crippen molar-refractivity contribution in [1.82, 2.24) is 0 Å². The van der Waals surface area contributed by atoms with Crippen LogP contribution in [-0.4, -0.2) is 45.8 Å². The Hall–Kier alpha value is -1.58. The van der Waals surface area contributed by atoms with Crippen molar-refractivity contribution < 1.29 is 25.0 Å². The SMILES string of the molecule is CCCCCCCCC(O)C#CC1C(O)CC2C(=NOCC(=O)O)CC21. The number of fused-ring (bicyclic) bond motifs is 1. The van der Waals surface area contributed by atoms with Gasteiger partial charge in [-0.3, -0.25) is 0 Å². The fourth-order valence-corrected chi connectivity index (χ4v) is 3.86. The number of aliphatic carboxylic acids is 1. The van der Waals surface area contributed by atoms with Crippen molar-refractivity contribution in [2.45, 2.75) is 76.9 Å². The molecule has 0 amide bonds. The molecule has 6 heteroatoms. The van der Waals surface area contributed by atoms with Gasteiger partial charge in [0.25, 0.3) is 0 Å². The molecule has 0 saturated heterocycles. The van der Waals surface area contributed by atoms with Crippen molar-refractivity contribution in [3.05, 3.63) is 0 Å². The molecule has 0 bridgehead atoms. The van der Waals surface area contributed by atoms with Crippen LogP contribution < -0.4 is 0 Å². The van der Waals surface area contributed by atoms with Gasteiger partial charge in [0.15, 0.2) is 0 Å². The van der Waals surface area contributed by atoms with E-state index < -0.39 is 24.8 Å². The highest BCUT2D eigenvalue weighted by molar-refractivity contribution is 5.93. The summed E-state index contributed by atoms with van der Waals surface area (Å²) in [7, 11) is 0. The van der Waals surface area contributed by atoms with E-state index in [0.29, 0.717) is 19.3 Å². The first-order chi connectivity index (χ1) is 12.5. The summed E-state index contributed by atoms with van der Waals surface area (Å²) in [6, 6.07) is 0. The second kappa shape index (κ2) is 10.5. The lowest BCUT2D eigenvalue weighted by molar-refractivity contribution is -0.142. The van der Waals surface area contributed by atoms with Crippen LogP contribution in [0.2, 0.25) is 0 Å². The summed E-state index contributed by atoms with van der Waals surface area (Å²) < 4.78 is 0. The van der Waals surface area contributed by atoms with E-state index in [-0.39, 0.29) is 17.8 Å². The summed E-state index contributed by atoms with van der Waals surface area (Å²) in [4.78, 5) is 15.2. The van der Waals surface area contributed by atoms with Crippen LogP contribution in [0, 0.1) is 29.6 Å². The minimum absolute atomic E-state index is 0.119. The number of oxime groups is 1. The van der Waals surface area contributed by atoms with Crippen LogP contribution in [0.5, 0.6) is 0 Å². The predicted molar refractivity (Wildman–Crippen MR) is 98.5 cm³/mol. The van der Waals surface area contributed by atoms with Crippen LogP contribution in [-0.2, 0) is 9.63 Å². The third-order valence-electron chi connectivity index (χ3n) is 5.38. The summed E-state index contributed by atoms with van der Waals surface area (Å²) in [6.45, 7) is 1.75. The van der Waals surface area contributed by atoms with E-state index >= 15 is 0 Å². The maximum absolute atomic E-state index is 10.4. The number of aliphatic hydroxyl groups is 2. The highest BCUT2D eigenvalue weighted by Crippen LogP contribution is 2.48. The Labute approximate surface area is 155 Å². The minimum atomic E-state index is -1.06. The number of rotatable bonds is 10. The first kappa shape index (κ1) is 20.7. The Morgan fingerprint density at radius 2 is 2.04 bits per heavy atom. The van der Waals surface area contributed by atoms with Crippen LogP contribution in [0.25, 0.3) is 0 Å². The van der Waals surface area contributed by atoms with Crippen molar-refractivity contribution >= 4 is 11.7 Å². The molecule has 5 atom stereocenters. The zero-order valence-corrected chi connectivity index (χ0v) is 15.6. The average Bonchev–Trinajstić information content (AvgIpc) is 2.83. The topological polar surface area (TPSA) is 99.4 Å². The Morgan fingerprint density at radius 1 is 1.31 bits per heavy atom. The minimum Gasteiger partial charge on any atom is -0.479 e. The van der Waals surface area contributed by atoms with Crippen molar-refractivity contribution in [1.29, 1.82) is 0 Å². The van der Waals surface area contributed by atoms with Gasteiger partial charge in [-0.05, 0) is 31.6 Å². The summed E-state index contributed by atoms with van der Waals surface area (Å²) in [5.74, 6) is 5.14. The Balaban J connectivity index is 1.72. The molecule has 5 unspecified atom stereocenters. The molecule has 0 aromatic rings. The lowest BCUT2D eigenvalue weighted by atomic mass is 9.71. The summed E-state index contributed by atoms with van der Waals surface area (Å²) in [6.07, 6.45) is 7.89. The zero-order chi connectivity index (χ0) is 18.9. The lowest BCUT2D eigenvalue weighted by Crippen LogP contribution is -2.36. The molecule has 0 radical (unpaired) electrons. The van der Waals surface area contributed by atoms with Crippen LogP contribution in [0.3, 0.4) is 0 Å². The third kappa shape index (κ3) is 6.00. The second-order valence-electron chi connectivity index (χ2n) is 7.41. The molecule has 0 spiro atoms. The molecule has 2 saturated carbocycles. The quantitative estimate of drug-likeness (QED) is 0.314. The summed E-state index contributed by atoms with van der Waals surface area (Å²) in [5.41, 5.74) is 0.812. The first-order valence-corrected chi connectivity index (χ1v) is 9.80. The maximum atomic E-state index is 10.4. The molecule has 2 aliphatic carbocycles. The number of unbranched alkanes of at least 4 members (excludes halogenated alkanes) is 5. The zero-order valence-electron chi connectivity index (χ0n) is 15.6. The molecular formula is C20H31NO5. The molecule has 26 heavy (non-hydrogen) atoms. The van der Waals surface area contributed by atoms with Gasteiger partial charge in [0.05, 0.1) is 17.7 Å². The number of hydrogen-bond donors (Lipinski definition) is 3. The van der Waals surface area contributed by atoms with Gasteiger partial charge >= 0.3 is 5.97 Å². The van der Waals surface area contributed by atoms with Crippen molar-refractivity contribution in [3.63, 3.8) is 0 Å². The lowest BCUT2D eigenvalue weighted by Gasteiger charge is -2.33. The van der Waals surface area contributed by atoms with Gasteiger partial charge in [0.2, 0.25) is 6.61 Å². The Bertz CT molecular complexity index is 550. The smallest absolute Gasteiger partial charge is 0.344 e. The van der Waals surface area contributed by atoms with E-state index in [1.165, 1.54) is 25.7 Å². The van der Waals surface area contributed by atoms with Crippen LogP contribution in [0.15, 0.2) is 5.16 Å². The Kier molecular flexibility index (Phi) is 8.40. The number of aliphatic hydroxyl groups excluding tert-OH is 2. The van der Waals surface area contributed by atoms with Gasteiger partial charge in [-0.15, -0.1) is 0 Å². The van der Waals surface area contributed by atoms with Gasteiger partial charge in [-0.1, -0.05) is 56.0 Å². The molecule has 6 nitrogen and oxygen atoms in total. The fraction of sp³-hybridized carbons (Fsp3) is 0.800. The average molecular weight is 365 g/mol. The van der Waals surface area contributed by atoms with Gasteiger partial charge in [-0.2, -0.15) is 0 Å². The number of nitrogens with zero attached hydrogens (tertiary/aromatic N) is 1. The van der Waals surface area contributed by atoms with E-state index in [1.807, 2.05) is 0 Å². The first-order valence-electron chi connectivity index (χ1n) is 9.80. The highest BCUT2D eigenvalue weighted by atomic mass is 16.6. The molecule has 2 aliphatic rings. The molecule has 0 aliphatic heterocycles. The van der Waals surface area contributed by atoms with E-state index in [4.69, 9.17) is 9.94 Å². The molecule has 0 aromatic carbocycles. The fourth-order valence-electron chi connectivity index (χ4n) is 3.86. The van der Waals surface area contributed by atoms with Crippen LogP contribution >= 0.6 is 0 Å². The normalized spacial score (nSPS) is 29.4. The number of hydrogen-bond acceptors (Lipinski definition) is 5. The predicted octanol–water partition coefficient (Wildman–Crippen LogP) is 2.58. The van der Waals surface area contributed by atoms with Gasteiger partial charge in [0.1, 0.15) is 6.10 Å². The van der Waals surface area contributed by atoms with Crippen molar-refractivity contribution in [3.8, 4) is 11.8 Å². The van der Waals surface area contributed by atoms with Crippen LogP contribution in [0.4, 0.5) is 0 Å². The number of carboxylic acids is 1. The molecule has 0 heterocycles. The molecule has 0 aromatic heterocycles. The monoisotopic (exact) mass is 365 g/mol. The number of carboxylic acid groups (broad SMARTS) is 1. The van der Waals surface area contributed by atoms with Gasteiger partial charge in [-0.25, -0.2) is 4.79 Å². The molecule has 3 N–H and O–H groups in total. The molecule has 2 rings (SSSR count). The Morgan fingerprint density at radius 3 is 2.77 bits per heavy atom. The van der Waals surface area contributed by atoms with Crippen molar-refractivity contribution in [2.75, 3.05) is 6.61 Å². The standard InChI is InChI=1S/C20H31NO5/c1-2-3-4-5-6-7-8-14(22)9-10-15-16-11-18(17(16)12-19(15)23)21-26-13-20(24)25/h14-17,19,22-23H,2-8,11-13H2,1H3,(H,24,25). The van der Waals surface area contributed by atoms with E-state index in [2.05, 4.69) is 23.9 Å². The molecule has 2 fully saturated rings. The third-order valence-corrected chi connectivity index (χ3v) is 5.38. The van der Waals surface area contributed by atoms with E-state index in [1.54, 1.807) is 0 Å². The van der Waals surface area contributed by atoms with Crippen molar-refractivity contribution in [2.24, 2.45) is 22.9 Å². The highest BCUT2D eigenvalue weighted by Gasteiger charge is 2.51. The van der Waals surface area contributed by atoms with Gasteiger partial charge < -0.3 is 20.2 Å². The van der Waals surface area contributed by atoms with Gasteiger partial charge in [0, 0.05) is 5.92 Å².